The molecule has 0 saturated carbocycles. The first-order chi connectivity index (χ1) is 20.4. The Balaban J connectivity index is 3.71. The lowest BCUT2D eigenvalue weighted by molar-refractivity contribution is -0.161. The zero-order chi connectivity index (χ0) is 31.1. The summed E-state index contributed by atoms with van der Waals surface area (Å²) in [6, 6.07) is 0. The van der Waals surface area contributed by atoms with Crippen molar-refractivity contribution in [2.24, 2.45) is 5.92 Å². The summed E-state index contributed by atoms with van der Waals surface area (Å²) in [5, 5.41) is 19.5. The SMILES string of the molecule is CC/C=C/C/C=C/C=C/C(O)CCCCCCCC(=O)OC[C@H](CO)OC(=O)CCCCCCCCCCC(C)CC. The van der Waals surface area contributed by atoms with Crippen LogP contribution >= 0.6 is 0 Å². The average molecular weight is 593 g/mol. The predicted octanol–water partition coefficient (Wildman–Crippen LogP) is 8.94. The van der Waals surface area contributed by atoms with Crippen LogP contribution in [0.25, 0.3) is 0 Å². The van der Waals surface area contributed by atoms with E-state index in [2.05, 4.69) is 39.0 Å². The molecule has 6 heteroatoms. The molecule has 0 aromatic heterocycles. The lowest BCUT2D eigenvalue weighted by atomic mass is 9.99. The number of hydrogen-bond donors (Lipinski definition) is 2. The van der Waals surface area contributed by atoms with Crippen LogP contribution in [0.1, 0.15) is 149 Å². The van der Waals surface area contributed by atoms with Gasteiger partial charge in [-0.05, 0) is 38.0 Å². The molecule has 0 aliphatic rings. The molecule has 0 radical (unpaired) electrons. The number of aliphatic hydroxyl groups is 2. The molecule has 0 aromatic carbocycles. The molecule has 0 fully saturated rings. The largest absolute Gasteiger partial charge is 0.462 e. The van der Waals surface area contributed by atoms with Crippen molar-refractivity contribution >= 4 is 11.9 Å². The molecule has 244 valence electrons. The number of carbonyl (C=O) groups excluding carboxylic acids is 2. The minimum atomic E-state index is -0.800. The lowest BCUT2D eigenvalue weighted by Crippen LogP contribution is -2.28. The molecular formula is C36H64O6. The van der Waals surface area contributed by atoms with E-state index in [1.807, 2.05) is 18.2 Å². The van der Waals surface area contributed by atoms with Crippen molar-refractivity contribution in [2.75, 3.05) is 13.2 Å². The minimum absolute atomic E-state index is 0.103. The van der Waals surface area contributed by atoms with Crippen LogP contribution in [-0.2, 0) is 19.1 Å². The minimum Gasteiger partial charge on any atom is -0.462 e. The van der Waals surface area contributed by atoms with E-state index < -0.39 is 12.2 Å². The molecule has 0 heterocycles. The van der Waals surface area contributed by atoms with Crippen molar-refractivity contribution in [3.8, 4) is 0 Å². The van der Waals surface area contributed by atoms with E-state index in [0.717, 1.165) is 76.5 Å². The van der Waals surface area contributed by atoms with Crippen molar-refractivity contribution in [3.05, 3.63) is 36.5 Å². The first kappa shape index (κ1) is 40.1. The van der Waals surface area contributed by atoms with Gasteiger partial charge in [0.05, 0.1) is 12.7 Å². The highest BCUT2D eigenvalue weighted by atomic mass is 16.6. The summed E-state index contributed by atoms with van der Waals surface area (Å²) in [5.74, 6) is 0.176. The Labute approximate surface area is 258 Å². The number of unbranched alkanes of at least 4 members (excludes halogenated alkanes) is 11. The first-order valence-corrected chi connectivity index (χ1v) is 17.0. The number of aliphatic hydroxyl groups excluding tert-OH is 2. The van der Waals surface area contributed by atoms with Gasteiger partial charge >= 0.3 is 11.9 Å². The zero-order valence-corrected chi connectivity index (χ0v) is 27.3. The Hall–Kier alpha value is -1.92. The van der Waals surface area contributed by atoms with Gasteiger partial charge in [-0.25, -0.2) is 0 Å². The fourth-order valence-corrected chi connectivity index (χ4v) is 4.59. The monoisotopic (exact) mass is 592 g/mol. The predicted molar refractivity (Wildman–Crippen MR) is 174 cm³/mol. The Morgan fingerprint density at radius 3 is 1.88 bits per heavy atom. The van der Waals surface area contributed by atoms with Crippen LogP contribution in [0, 0.1) is 5.92 Å². The van der Waals surface area contributed by atoms with Gasteiger partial charge in [0.25, 0.3) is 0 Å². The molecule has 0 aliphatic carbocycles. The third-order valence-corrected chi connectivity index (χ3v) is 7.59. The van der Waals surface area contributed by atoms with Crippen molar-refractivity contribution in [1.82, 2.24) is 0 Å². The molecule has 0 rings (SSSR count). The van der Waals surface area contributed by atoms with Gasteiger partial charge in [0.2, 0.25) is 0 Å². The smallest absolute Gasteiger partial charge is 0.306 e. The van der Waals surface area contributed by atoms with Crippen molar-refractivity contribution in [1.29, 1.82) is 0 Å². The van der Waals surface area contributed by atoms with Gasteiger partial charge < -0.3 is 19.7 Å². The number of carbonyl (C=O) groups is 2. The first-order valence-electron chi connectivity index (χ1n) is 17.0. The number of allylic oxidation sites excluding steroid dienone is 5. The van der Waals surface area contributed by atoms with Gasteiger partial charge in [-0.15, -0.1) is 0 Å². The lowest BCUT2D eigenvalue weighted by Gasteiger charge is -2.15. The highest BCUT2D eigenvalue weighted by molar-refractivity contribution is 5.70. The summed E-state index contributed by atoms with van der Waals surface area (Å²) < 4.78 is 10.5. The van der Waals surface area contributed by atoms with Crippen molar-refractivity contribution in [3.63, 3.8) is 0 Å². The van der Waals surface area contributed by atoms with Crippen LogP contribution in [0.15, 0.2) is 36.5 Å². The third kappa shape index (κ3) is 28.2. The molecule has 2 unspecified atom stereocenters. The highest BCUT2D eigenvalue weighted by Crippen LogP contribution is 2.15. The van der Waals surface area contributed by atoms with Gasteiger partial charge in [-0.3, -0.25) is 9.59 Å². The average Bonchev–Trinajstić information content (AvgIpc) is 2.98. The topological polar surface area (TPSA) is 93.1 Å². The Morgan fingerprint density at radius 2 is 1.29 bits per heavy atom. The summed E-state index contributed by atoms with van der Waals surface area (Å²) in [6.07, 6.45) is 30.8. The zero-order valence-electron chi connectivity index (χ0n) is 27.3. The highest BCUT2D eigenvalue weighted by Gasteiger charge is 2.16. The van der Waals surface area contributed by atoms with E-state index in [-0.39, 0.29) is 25.2 Å². The second kappa shape index (κ2) is 30.5. The molecular weight excluding hydrogens is 528 g/mol. The summed E-state index contributed by atoms with van der Waals surface area (Å²) in [7, 11) is 0. The number of esters is 2. The molecule has 2 N–H and O–H groups in total. The van der Waals surface area contributed by atoms with Crippen molar-refractivity contribution in [2.45, 2.75) is 161 Å². The molecule has 0 bridgehead atoms. The maximum absolute atomic E-state index is 12.1. The van der Waals surface area contributed by atoms with E-state index in [1.54, 1.807) is 0 Å². The number of ether oxygens (including phenoxy) is 2. The Kier molecular flexibility index (Phi) is 29.1. The summed E-state index contributed by atoms with van der Waals surface area (Å²) in [6.45, 7) is 6.24. The summed E-state index contributed by atoms with van der Waals surface area (Å²) in [4.78, 5) is 24.1. The second-order valence-corrected chi connectivity index (χ2v) is 11.7. The van der Waals surface area contributed by atoms with Crippen LogP contribution in [0.2, 0.25) is 0 Å². The Bertz CT molecular complexity index is 714. The van der Waals surface area contributed by atoms with Crippen LogP contribution < -0.4 is 0 Å². The van der Waals surface area contributed by atoms with Gasteiger partial charge in [0.15, 0.2) is 6.10 Å². The van der Waals surface area contributed by atoms with Gasteiger partial charge in [0, 0.05) is 12.8 Å². The number of hydrogen-bond acceptors (Lipinski definition) is 6. The standard InChI is InChI=1S/C36H64O6/c1-4-6-7-8-11-16-21-26-33(38)27-22-17-14-19-23-28-35(39)41-31-34(30-37)42-36(40)29-24-18-13-10-9-12-15-20-25-32(3)5-2/h6-7,11,16,21,26,32-34,37-38H,4-5,8-10,12-15,17-20,22-25,27-31H2,1-3H3/b7-6+,16-11+,26-21+/t32?,33?,34-/m0/s1. The molecule has 0 aliphatic heterocycles. The van der Waals surface area contributed by atoms with Gasteiger partial charge in [0.1, 0.15) is 6.61 Å². The van der Waals surface area contributed by atoms with E-state index in [1.165, 1.54) is 44.9 Å². The molecule has 0 spiro atoms. The van der Waals surface area contributed by atoms with Gasteiger partial charge in [-0.1, -0.05) is 141 Å². The van der Waals surface area contributed by atoms with Gasteiger partial charge in [-0.2, -0.15) is 0 Å². The Morgan fingerprint density at radius 1 is 0.714 bits per heavy atom. The fourth-order valence-electron chi connectivity index (χ4n) is 4.59. The second-order valence-electron chi connectivity index (χ2n) is 11.7. The summed E-state index contributed by atoms with van der Waals surface area (Å²) >= 11 is 0. The maximum atomic E-state index is 12.1. The normalized spacial score (nSPS) is 14.1. The fraction of sp³-hybridized carbons (Fsp3) is 0.778. The van der Waals surface area contributed by atoms with E-state index >= 15 is 0 Å². The van der Waals surface area contributed by atoms with Crippen LogP contribution in [-0.4, -0.2) is 47.6 Å². The molecule has 0 aromatic rings. The molecule has 42 heavy (non-hydrogen) atoms. The third-order valence-electron chi connectivity index (χ3n) is 7.59. The van der Waals surface area contributed by atoms with Crippen LogP contribution in [0.5, 0.6) is 0 Å². The quantitative estimate of drug-likeness (QED) is 0.0390. The summed E-state index contributed by atoms with van der Waals surface area (Å²) in [5.41, 5.74) is 0. The molecule has 0 saturated heterocycles. The van der Waals surface area contributed by atoms with Crippen LogP contribution in [0.4, 0.5) is 0 Å². The number of rotatable bonds is 29. The molecule has 3 atom stereocenters. The maximum Gasteiger partial charge on any atom is 0.306 e. The molecule has 0 amide bonds. The van der Waals surface area contributed by atoms with E-state index in [9.17, 15) is 19.8 Å². The van der Waals surface area contributed by atoms with E-state index in [4.69, 9.17) is 9.47 Å². The van der Waals surface area contributed by atoms with Crippen LogP contribution in [0.3, 0.4) is 0 Å². The molecule has 6 nitrogen and oxygen atoms in total. The van der Waals surface area contributed by atoms with E-state index in [0.29, 0.717) is 12.8 Å². The van der Waals surface area contributed by atoms with Crippen molar-refractivity contribution < 1.29 is 29.3 Å².